The number of amides is 2. The van der Waals surface area contributed by atoms with Crippen LogP contribution in [-0.4, -0.2) is 44.3 Å². The molecule has 4 aromatic carbocycles. The van der Waals surface area contributed by atoms with Gasteiger partial charge in [0.25, 0.3) is 10.0 Å². The molecule has 0 fully saturated rings. The quantitative estimate of drug-likeness (QED) is 0.180. The Hall–Kier alpha value is -4.43. The van der Waals surface area contributed by atoms with Crippen molar-refractivity contribution in [2.24, 2.45) is 5.92 Å². The van der Waals surface area contributed by atoms with E-state index in [4.69, 9.17) is 0 Å². The fourth-order valence-electron chi connectivity index (χ4n) is 5.42. The second-order valence-corrected chi connectivity index (χ2v) is 14.3. The molecule has 0 aliphatic heterocycles. The van der Waals surface area contributed by atoms with E-state index >= 15 is 0 Å². The fourth-order valence-corrected chi connectivity index (χ4v) is 6.90. The van der Waals surface area contributed by atoms with E-state index < -0.39 is 28.5 Å². The number of aryl methyl sites for hydroxylation is 4. The van der Waals surface area contributed by atoms with E-state index in [9.17, 15) is 18.0 Å². The number of hydrogen-bond acceptors (Lipinski definition) is 4. The van der Waals surface area contributed by atoms with Crippen LogP contribution in [-0.2, 0) is 32.6 Å². The Labute approximate surface area is 274 Å². The number of carbonyl (C=O) groups is 2. The molecule has 1 atom stereocenters. The van der Waals surface area contributed by atoms with E-state index in [1.54, 1.807) is 35.2 Å². The van der Waals surface area contributed by atoms with E-state index in [1.165, 1.54) is 4.31 Å². The highest BCUT2D eigenvalue weighted by Gasteiger charge is 2.35. The Morgan fingerprint density at radius 2 is 1.37 bits per heavy atom. The first-order valence-corrected chi connectivity index (χ1v) is 17.1. The van der Waals surface area contributed by atoms with Gasteiger partial charge in [-0.2, -0.15) is 0 Å². The van der Waals surface area contributed by atoms with Crippen molar-refractivity contribution in [3.63, 3.8) is 0 Å². The summed E-state index contributed by atoms with van der Waals surface area (Å²) in [6.07, 6.45) is 0.274. The highest BCUT2D eigenvalue weighted by molar-refractivity contribution is 7.92. The van der Waals surface area contributed by atoms with Gasteiger partial charge in [-0.3, -0.25) is 13.9 Å². The van der Waals surface area contributed by atoms with Gasteiger partial charge in [0.1, 0.15) is 12.6 Å². The van der Waals surface area contributed by atoms with Crippen molar-refractivity contribution in [3.8, 4) is 0 Å². The average molecular weight is 640 g/mol. The van der Waals surface area contributed by atoms with Crippen LogP contribution in [0, 0.1) is 33.6 Å². The minimum atomic E-state index is -4.16. The predicted molar refractivity (Wildman–Crippen MR) is 185 cm³/mol. The van der Waals surface area contributed by atoms with E-state index in [1.807, 2.05) is 108 Å². The van der Waals surface area contributed by atoms with E-state index in [2.05, 4.69) is 5.32 Å². The van der Waals surface area contributed by atoms with Gasteiger partial charge < -0.3 is 10.2 Å². The van der Waals surface area contributed by atoms with Crippen molar-refractivity contribution in [3.05, 3.63) is 130 Å². The van der Waals surface area contributed by atoms with Crippen molar-refractivity contribution >= 4 is 27.5 Å². The van der Waals surface area contributed by atoms with E-state index in [-0.39, 0.29) is 29.7 Å². The molecule has 0 heterocycles. The molecule has 0 bridgehead atoms. The fraction of sp³-hybridized carbons (Fsp3) is 0.316. The van der Waals surface area contributed by atoms with Gasteiger partial charge in [0.05, 0.1) is 10.6 Å². The molecular weight excluding hydrogens is 595 g/mol. The molecule has 0 spiro atoms. The van der Waals surface area contributed by atoms with Crippen LogP contribution < -0.4 is 9.62 Å². The van der Waals surface area contributed by atoms with Crippen LogP contribution in [0.5, 0.6) is 0 Å². The summed E-state index contributed by atoms with van der Waals surface area (Å²) in [4.78, 5) is 30.2. The normalized spacial score (nSPS) is 12.1. The standard InChI is InChI=1S/C38H45N3O4S/c1-27(2)24-39-38(43)36(23-32-12-8-7-9-13-32)40(25-33-14-10-11-29(4)22-33)37(42)26-41(35-20-17-30(5)21-31(35)6)46(44,45)34-18-15-28(3)16-19-34/h7-22,27,36H,23-26H2,1-6H3,(H,39,43)/t36-/m0/s1. The lowest BCUT2D eigenvalue weighted by Crippen LogP contribution is -2.53. The summed E-state index contributed by atoms with van der Waals surface area (Å²) in [6.45, 7) is 11.8. The second kappa shape index (κ2) is 15.2. The average Bonchev–Trinajstić information content (AvgIpc) is 3.01. The molecule has 0 unspecified atom stereocenters. The number of sulfonamides is 1. The van der Waals surface area contributed by atoms with Gasteiger partial charge in [-0.1, -0.05) is 109 Å². The second-order valence-electron chi connectivity index (χ2n) is 12.5. The number of nitrogens with zero attached hydrogens (tertiary/aromatic N) is 2. The minimum Gasteiger partial charge on any atom is -0.354 e. The smallest absolute Gasteiger partial charge is 0.264 e. The number of nitrogens with one attached hydrogen (secondary N) is 1. The van der Waals surface area contributed by atoms with Crippen molar-refractivity contribution in [1.82, 2.24) is 10.2 Å². The maximum absolute atomic E-state index is 14.6. The molecule has 242 valence electrons. The zero-order chi connectivity index (χ0) is 33.4. The maximum atomic E-state index is 14.6. The van der Waals surface area contributed by atoms with Gasteiger partial charge in [0.2, 0.25) is 11.8 Å². The molecule has 1 N–H and O–H groups in total. The summed E-state index contributed by atoms with van der Waals surface area (Å²) in [5.74, 6) is -0.544. The third-order valence-electron chi connectivity index (χ3n) is 7.90. The molecule has 4 aromatic rings. The zero-order valence-corrected chi connectivity index (χ0v) is 28.5. The summed E-state index contributed by atoms with van der Waals surface area (Å²) in [6, 6.07) is 28.6. The van der Waals surface area contributed by atoms with Crippen molar-refractivity contribution < 1.29 is 18.0 Å². The largest absolute Gasteiger partial charge is 0.354 e. The van der Waals surface area contributed by atoms with Gasteiger partial charge >= 0.3 is 0 Å². The van der Waals surface area contributed by atoms with Crippen LogP contribution >= 0.6 is 0 Å². The summed E-state index contributed by atoms with van der Waals surface area (Å²) < 4.78 is 29.8. The topological polar surface area (TPSA) is 86.8 Å². The molecule has 0 aromatic heterocycles. The van der Waals surface area contributed by atoms with E-state index in [0.717, 1.165) is 33.4 Å². The number of rotatable bonds is 13. The molecule has 0 saturated carbocycles. The van der Waals surface area contributed by atoms with Gasteiger partial charge in [0.15, 0.2) is 0 Å². The molecule has 4 rings (SSSR count). The third kappa shape index (κ3) is 8.85. The Morgan fingerprint density at radius 3 is 2.00 bits per heavy atom. The first kappa shape index (κ1) is 34.4. The monoisotopic (exact) mass is 639 g/mol. The number of anilines is 1. The summed E-state index contributed by atoms with van der Waals surface area (Å²) >= 11 is 0. The highest BCUT2D eigenvalue weighted by atomic mass is 32.2. The van der Waals surface area contributed by atoms with Crippen LogP contribution in [0.3, 0.4) is 0 Å². The van der Waals surface area contributed by atoms with Crippen molar-refractivity contribution in [1.29, 1.82) is 0 Å². The summed E-state index contributed by atoms with van der Waals surface area (Å²) in [7, 11) is -4.16. The summed E-state index contributed by atoms with van der Waals surface area (Å²) in [5, 5.41) is 3.03. The molecule has 8 heteroatoms. The lowest BCUT2D eigenvalue weighted by atomic mass is 10.0. The van der Waals surface area contributed by atoms with E-state index in [0.29, 0.717) is 12.2 Å². The van der Waals surface area contributed by atoms with Gasteiger partial charge in [-0.25, -0.2) is 8.42 Å². The Kier molecular flexibility index (Phi) is 11.4. The van der Waals surface area contributed by atoms with Crippen LogP contribution in [0.25, 0.3) is 0 Å². The first-order chi connectivity index (χ1) is 21.8. The molecular formula is C38H45N3O4S. The Morgan fingerprint density at radius 1 is 0.739 bits per heavy atom. The van der Waals surface area contributed by atoms with Crippen molar-refractivity contribution in [2.45, 2.75) is 65.4 Å². The molecule has 46 heavy (non-hydrogen) atoms. The highest BCUT2D eigenvalue weighted by Crippen LogP contribution is 2.29. The molecule has 7 nitrogen and oxygen atoms in total. The molecule has 0 saturated heterocycles. The number of carbonyl (C=O) groups excluding carboxylic acids is 2. The summed E-state index contributed by atoms with van der Waals surface area (Å²) in [5.41, 5.74) is 5.81. The van der Waals surface area contributed by atoms with Crippen LogP contribution in [0.1, 0.15) is 47.2 Å². The molecule has 0 aliphatic rings. The predicted octanol–water partition coefficient (Wildman–Crippen LogP) is 6.53. The number of hydrogen-bond donors (Lipinski definition) is 1. The maximum Gasteiger partial charge on any atom is 0.264 e. The van der Waals surface area contributed by atoms with Crippen LogP contribution in [0.2, 0.25) is 0 Å². The number of benzene rings is 4. The van der Waals surface area contributed by atoms with Gasteiger partial charge in [-0.15, -0.1) is 0 Å². The molecule has 0 aliphatic carbocycles. The third-order valence-corrected chi connectivity index (χ3v) is 9.67. The van der Waals surface area contributed by atoms with Crippen molar-refractivity contribution in [2.75, 3.05) is 17.4 Å². The minimum absolute atomic E-state index is 0.0895. The van der Waals surface area contributed by atoms with Gasteiger partial charge in [-0.05, 0) is 68.5 Å². The SMILES string of the molecule is Cc1ccc(S(=O)(=O)N(CC(=O)N(Cc2cccc(C)c2)[C@@H](Cc2ccccc2)C(=O)NCC(C)C)c2ccc(C)cc2C)cc1. The zero-order valence-electron chi connectivity index (χ0n) is 27.7. The van der Waals surface area contributed by atoms with Crippen LogP contribution in [0.4, 0.5) is 5.69 Å². The lowest BCUT2D eigenvalue weighted by Gasteiger charge is -2.34. The molecule has 0 radical (unpaired) electrons. The van der Waals surface area contributed by atoms with Crippen LogP contribution in [0.15, 0.2) is 102 Å². The first-order valence-electron chi connectivity index (χ1n) is 15.7. The lowest BCUT2D eigenvalue weighted by molar-refractivity contribution is -0.140. The molecule has 2 amide bonds. The van der Waals surface area contributed by atoms with Gasteiger partial charge in [0, 0.05) is 19.5 Å². The Balaban J connectivity index is 1.82. The Bertz CT molecular complexity index is 1750.